The number of rotatable bonds is 9. The molecule has 0 fully saturated rings. The van der Waals surface area contributed by atoms with Gasteiger partial charge >= 0.3 is 0 Å². The highest BCUT2D eigenvalue weighted by atomic mass is 16.5. The Kier molecular flexibility index (Phi) is 7.23. The molecule has 1 heterocycles. The molecule has 3 aromatic rings. The van der Waals surface area contributed by atoms with Gasteiger partial charge in [-0.05, 0) is 41.3 Å². The van der Waals surface area contributed by atoms with Crippen molar-refractivity contribution in [3.8, 4) is 5.75 Å². The first-order valence-electron chi connectivity index (χ1n) is 11.4. The largest absolute Gasteiger partial charge is 0.503 e. The molecule has 0 aliphatic carbocycles. The van der Waals surface area contributed by atoms with Crippen molar-refractivity contribution in [1.82, 2.24) is 4.90 Å². The molecule has 172 valence electrons. The van der Waals surface area contributed by atoms with Gasteiger partial charge in [-0.3, -0.25) is 9.59 Å². The van der Waals surface area contributed by atoms with Crippen molar-refractivity contribution in [3.05, 3.63) is 119 Å². The molecule has 5 nitrogen and oxygen atoms in total. The maximum absolute atomic E-state index is 13.3. The molecule has 1 unspecified atom stereocenters. The van der Waals surface area contributed by atoms with Crippen molar-refractivity contribution in [2.75, 3.05) is 6.61 Å². The molecule has 1 atom stereocenters. The van der Waals surface area contributed by atoms with Gasteiger partial charge in [-0.2, -0.15) is 0 Å². The molecule has 1 aliphatic heterocycles. The fraction of sp³-hybridized carbons (Fsp3) is 0.172. The van der Waals surface area contributed by atoms with E-state index in [2.05, 4.69) is 0 Å². The average Bonchev–Trinajstić information content (AvgIpc) is 3.12. The molecule has 1 amide bonds. The molecule has 5 heteroatoms. The quantitative estimate of drug-likeness (QED) is 0.425. The van der Waals surface area contributed by atoms with Gasteiger partial charge in [-0.15, -0.1) is 0 Å². The maximum atomic E-state index is 13.3. The monoisotopic (exact) mass is 453 g/mol. The molecule has 0 bridgehead atoms. The van der Waals surface area contributed by atoms with E-state index in [9.17, 15) is 14.7 Å². The molecular weight excluding hydrogens is 426 g/mol. The van der Waals surface area contributed by atoms with Crippen molar-refractivity contribution < 1.29 is 19.4 Å². The minimum absolute atomic E-state index is 0.0790. The highest BCUT2D eigenvalue weighted by Gasteiger charge is 2.42. The number of hydrogen-bond donors (Lipinski definition) is 1. The second-order valence-electron chi connectivity index (χ2n) is 8.11. The standard InChI is InChI=1S/C29H27NO4/c1-2-19-34-24-16-14-23(15-17-24)27-26(25(31)18-13-21-9-5-3-6-10-21)28(32)29(33)30(27)20-22-11-7-4-8-12-22/h3-18,27,32H,2,19-20H2,1H3. The molecule has 0 saturated carbocycles. The van der Waals surface area contributed by atoms with Crippen LogP contribution in [0.1, 0.15) is 36.1 Å². The summed E-state index contributed by atoms with van der Waals surface area (Å²) < 4.78 is 5.68. The molecule has 4 rings (SSSR count). The van der Waals surface area contributed by atoms with Crippen molar-refractivity contribution in [1.29, 1.82) is 0 Å². The number of aliphatic hydroxyl groups is 1. The maximum Gasteiger partial charge on any atom is 0.290 e. The predicted molar refractivity (Wildman–Crippen MR) is 132 cm³/mol. The number of ketones is 1. The Morgan fingerprint density at radius 2 is 1.62 bits per heavy atom. The van der Waals surface area contributed by atoms with Crippen LogP contribution in [0, 0.1) is 0 Å². The Hall–Kier alpha value is -4.12. The zero-order valence-corrected chi connectivity index (χ0v) is 19.1. The van der Waals surface area contributed by atoms with Crippen LogP contribution in [-0.4, -0.2) is 28.3 Å². The van der Waals surface area contributed by atoms with Crippen LogP contribution in [0.15, 0.2) is 102 Å². The van der Waals surface area contributed by atoms with E-state index in [1.54, 1.807) is 6.08 Å². The topological polar surface area (TPSA) is 66.8 Å². The molecule has 1 aliphatic rings. The number of ether oxygens (including phenoxy) is 1. The normalized spacial score (nSPS) is 15.9. The molecule has 0 spiro atoms. The summed E-state index contributed by atoms with van der Waals surface area (Å²) in [6.07, 6.45) is 3.99. The first-order valence-corrected chi connectivity index (χ1v) is 11.4. The van der Waals surface area contributed by atoms with Crippen LogP contribution in [0.5, 0.6) is 5.75 Å². The van der Waals surface area contributed by atoms with Crippen molar-refractivity contribution in [3.63, 3.8) is 0 Å². The molecule has 0 aromatic heterocycles. The Labute approximate surface area is 199 Å². The van der Waals surface area contributed by atoms with Gasteiger partial charge in [0.05, 0.1) is 18.2 Å². The zero-order valence-electron chi connectivity index (χ0n) is 19.1. The lowest BCUT2D eigenvalue weighted by Crippen LogP contribution is -2.30. The van der Waals surface area contributed by atoms with Crippen LogP contribution in [0.4, 0.5) is 0 Å². The van der Waals surface area contributed by atoms with Gasteiger partial charge < -0.3 is 14.7 Å². The van der Waals surface area contributed by atoms with Crippen LogP contribution in [0.2, 0.25) is 0 Å². The van der Waals surface area contributed by atoms with E-state index in [1.807, 2.05) is 91.9 Å². The van der Waals surface area contributed by atoms with Gasteiger partial charge in [-0.25, -0.2) is 0 Å². The van der Waals surface area contributed by atoms with Crippen LogP contribution >= 0.6 is 0 Å². The summed E-state index contributed by atoms with van der Waals surface area (Å²) in [5.41, 5.74) is 2.57. The number of carbonyl (C=O) groups excluding carboxylic acids is 2. The number of amides is 1. The first-order chi connectivity index (χ1) is 16.6. The summed E-state index contributed by atoms with van der Waals surface area (Å²) in [6.45, 7) is 2.91. The SMILES string of the molecule is CCCOc1ccc(C2C(C(=O)C=Cc3ccccc3)=C(O)C(=O)N2Cc2ccccc2)cc1. The minimum Gasteiger partial charge on any atom is -0.503 e. The second-order valence-corrected chi connectivity index (χ2v) is 8.11. The third kappa shape index (κ3) is 5.09. The fourth-order valence-corrected chi connectivity index (χ4v) is 3.99. The fourth-order valence-electron chi connectivity index (χ4n) is 3.99. The van der Waals surface area contributed by atoms with Gasteiger partial charge in [0.1, 0.15) is 5.75 Å². The van der Waals surface area contributed by atoms with E-state index in [0.29, 0.717) is 6.61 Å². The van der Waals surface area contributed by atoms with E-state index < -0.39 is 23.5 Å². The molecule has 1 N–H and O–H groups in total. The Morgan fingerprint density at radius 3 is 2.26 bits per heavy atom. The van der Waals surface area contributed by atoms with Crippen molar-refractivity contribution in [2.45, 2.75) is 25.9 Å². The number of aliphatic hydroxyl groups excluding tert-OH is 1. The average molecular weight is 454 g/mol. The van der Waals surface area contributed by atoms with Crippen LogP contribution in [0.3, 0.4) is 0 Å². The third-order valence-corrected chi connectivity index (χ3v) is 5.66. The summed E-state index contributed by atoms with van der Waals surface area (Å²) in [5, 5.41) is 10.8. The lowest BCUT2D eigenvalue weighted by Gasteiger charge is -2.27. The lowest BCUT2D eigenvalue weighted by molar-refractivity contribution is -0.130. The highest BCUT2D eigenvalue weighted by Crippen LogP contribution is 2.39. The smallest absolute Gasteiger partial charge is 0.290 e. The van der Waals surface area contributed by atoms with Crippen molar-refractivity contribution in [2.24, 2.45) is 0 Å². The van der Waals surface area contributed by atoms with E-state index in [-0.39, 0.29) is 12.1 Å². The predicted octanol–water partition coefficient (Wildman–Crippen LogP) is 5.65. The summed E-state index contributed by atoms with van der Waals surface area (Å²) in [4.78, 5) is 27.9. The molecule has 3 aromatic carbocycles. The van der Waals surface area contributed by atoms with E-state index in [4.69, 9.17) is 4.74 Å². The lowest BCUT2D eigenvalue weighted by atomic mass is 9.95. The number of carbonyl (C=O) groups is 2. The van der Waals surface area contributed by atoms with E-state index in [0.717, 1.165) is 28.9 Å². The summed E-state index contributed by atoms with van der Waals surface area (Å²) in [6, 6.07) is 25.6. The van der Waals surface area contributed by atoms with Crippen LogP contribution in [0.25, 0.3) is 6.08 Å². The first kappa shape index (κ1) is 23.1. The Balaban J connectivity index is 1.69. The van der Waals surface area contributed by atoms with Crippen LogP contribution < -0.4 is 4.74 Å². The van der Waals surface area contributed by atoms with Gasteiger partial charge in [0.25, 0.3) is 5.91 Å². The summed E-state index contributed by atoms with van der Waals surface area (Å²) >= 11 is 0. The minimum atomic E-state index is -0.708. The molecular formula is C29H27NO4. The van der Waals surface area contributed by atoms with Crippen LogP contribution in [-0.2, 0) is 16.1 Å². The highest BCUT2D eigenvalue weighted by molar-refractivity contribution is 6.14. The molecule has 34 heavy (non-hydrogen) atoms. The number of allylic oxidation sites excluding steroid dienone is 1. The van der Waals surface area contributed by atoms with Crippen molar-refractivity contribution >= 4 is 17.8 Å². The zero-order chi connectivity index (χ0) is 23.9. The Morgan fingerprint density at radius 1 is 0.971 bits per heavy atom. The number of hydrogen-bond acceptors (Lipinski definition) is 4. The van der Waals surface area contributed by atoms with E-state index >= 15 is 0 Å². The Bertz CT molecular complexity index is 1200. The number of benzene rings is 3. The molecule has 0 radical (unpaired) electrons. The van der Waals surface area contributed by atoms with Gasteiger partial charge in [-0.1, -0.05) is 85.8 Å². The molecule has 0 saturated heterocycles. The number of nitrogens with zero attached hydrogens (tertiary/aromatic N) is 1. The second kappa shape index (κ2) is 10.7. The van der Waals surface area contributed by atoms with Gasteiger partial charge in [0.2, 0.25) is 0 Å². The van der Waals surface area contributed by atoms with Gasteiger partial charge in [0, 0.05) is 6.54 Å². The summed E-state index contributed by atoms with van der Waals surface area (Å²) in [5.74, 6) is -0.747. The van der Waals surface area contributed by atoms with Gasteiger partial charge in [0.15, 0.2) is 11.5 Å². The van der Waals surface area contributed by atoms with E-state index in [1.165, 1.54) is 11.0 Å². The summed E-state index contributed by atoms with van der Waals surface area (Å²) in [7, 11) is 0. The third-order valence-electron chi connectivity index (χ3n) is 5.66.